The first-order chi connectivity index (χ1) is 12.4. The predicted octanol–water partition coefficient (Wildman–Crippen LogP) is 3.47. The summed E-state index contributed by atoms with van der Waals surface area (Å²) in [6.45, 7) is 4.24. The summed E-state index contributed by atoms with van der Waals surface area (Å²) in [4.78, 5) is 14.2. The van der Waals surface area contributed by atoms with Crippen LogP contribution in [0.2, 0.25) is 0 Å². The van der Waals surface area contributed by atoms with Gasteiger partial charge in [0.1, 0.15) is 5.75 Å². The molecule has 0 aliphatic heterocycles. The largest absolute Gasteiger partial charge is 0.335 e. The average molecular weight is 374 g/mol. The fraction of sp³-hybridized carbons (Fsp3) is 0.381. The molecule has 2 rings (SSSR count). The molecule has 1 amide bonds. The van der Waals surface area contributed by atoms with Crippen LogP contribution in [0.3, 0.4) is 0 Å². The molecule has 2 aromatic rings. The summed E-state index contributed by atoms with van der Waals surface area (Å²) in [7, 11) is -3.41. The molecule has 140 valence electrons. The molecule has 0 radical (unpaired) electrons. The van der Waals surface area contributed by atoms with Crippen LogP contribution in [0.25, 0.3) is 0 Å². The molecular weight excluding hydrogens is 346 g/mol. The van der Waals surface area contributed by atoms with E-state index in [1.165, 1.54) is 0 Å². The van der Waals surface area contributed by atoms with Crippen LogP contribution in [-0.2, 0) is 27.6 Å². The second-order valence-corrected chi connectivity index (χ2v) is 8.97. The highest BCUT2D eigenvalue weighted by Gasteiger charge is 2.23. The van der Waals surface area contributed by atoms with Crippen LogP contribution in [-0.4, -0.2) is 36.8 Å². The van der Waals surface area contributed by atoms with E-state index in [4.69, 9.17) is 0 Å². The van der Waals surface area contributed by atoms with Gasteiger partial charge in [-0.25, -0.2) is 8.42 Å². The molecule has 0 saturated heterocycles. The highest BCUT2D eigenvalue weighted by atomic mass is 32.2. The third-order valence-electron chi connectivity index (χ3n) is 4.25. The number of rotatable bonds is 9. The number of hydrogen-bond donors (Lipinski definition) is 0. The topological polar surface area (TPSA) is 54.5 Å². The molecule has 0 heterocycles. The van der Waals surface area contributed by atoms with Crippen molar-refractivity contribution in [2.45, 2.75) is 39.3 Å². The zero-order valence-corrected chi connectivity index (χ0v) is 16.3. The summed E-state index contributed by atoms with van der Waals surface area (Å²) in [5.41, 5.74) is 2.11. The molecular formula is C21H27NO3S. The minimum atomic E-state index is -3.41. The van der Waals surface area contributed by atoms with Gasteiger partial charge < -0.3 is 4.90 Å². The highest BCUT2D eigenvalue weighted by Crippen LogP contribution is 2.11. The smallest absolute Gasteiger partial charge is 0.238 e. The Labute approximate surface area is 156 Å². The average Bonchev–Trinajstić information content (AvgIpc) is 2.60. The molecule has 0 unspecified atom stereocenters. The fourth-order valence-corrected chi connectivity index (χ4v) is 4.09. The summed E-state index contributed by atoms with van der Waals surface area (Å²) in [6.07, 6.45) is 1.23. The number of nitrogens with zero attached hydrogens (tertiary/aromatic N) is 1. The maximum absolute atomic E-state index is 12.6. The number of hydrogen-bond acceptors (Lipinski definition) is 3. The van der Waals surface area contributed by atoms with E-state index in [1.54, 1.807) is 4.90 Å². The predicted molar refractivity (Wildman–Crippen MR) is 106 cm³/mol. The summed E-state index contributed by atoms with van der Waals surface area (Å²) < 4.78 is 24.7. The van der Waals surface area contributed by atoms with Gasteiger partial charge in [0.15, 0.2) is 9.84 Å². The van der Waals surface area contributed by atoms with Crippen LogP contribution < -0.4 is 0 Å². The second kappa shape index (κ2) is 9.53. The quantitative estimate of drug-likeness (QED) is 0.676. The Balaban J connectivity index is 1.91. The minimum absolute atomic E-state index is 0.0326. The molecule has 0 spiro atoms. The lowest BCUT2D eigenvalue weighted by molar-refractivity contribution is -0.130. The third-order valence-corrected chi connectivity index (χ3v) is 5.84. The summed E-state index contributed by atoms with van der Waals surface area (Å²) in [5.74, 6) is -0.721. The van der Waals surface area contributed by atoms with Gasteiger partial charge in [-0.3, -0.25) is 4.79 Å². The van der Waals surface area contributed by atoms with Crippen molar-refractivity contribution in [1.82, 2.24) is 4.90 Å². The Morgan fingerprint density at radius 2 is 1.46 bits per heavy atom. The van der Waals surface area contributed by atoms with Gasteiger partial charge in [0, 0.05) is 12.6 Å². The normalized spacial score (nSPS) is 11.5. The van der Waals surface area contributed by atoms with Crippen LogP contribution in [0.5, 0.6) is 0 Å². The van der Waals surface area contributed by atoms with Gasteiger partial charge in [-0.2, -0.15) is 0 Å². The standard InChI is InChI=1S/C21H27NO3S/c1-18(2)22(16-20-12-7-4-8-13-20)21(23)17-26(24,25)15-9-14-19-10-5-3-6-11-19/h3-8,10-13,18H,9,14-17H2,1-2H3. The summed E-state index contributed by atoms with van der Waals surface area (Å²) in [6, 6.07) is 19.4. The number of benzene rings is 2. The molecule has 0 aliphatic rings. The minimum Gasteiger partial charge on any atom is -0.335 e. The first-order valence-electron chi connectivity index (χ1n) is 8.95. The van der Waals surface area contributed by atoms with Crippen molar-refractivity contribution in [3.05, 3.63) is 71.8 Å². The second-order valence-electron chi connectivity index (χ2n) is 6.78. The lowest BCUT2D eigenvalue weighted by Gasteiger charge is -2.27. The maximum atomic E-state index is 12.6. The van der Waals surface area contributed by atoms with Crippen LogP contribution in [0.4, 0.5) is 0 Å². The molecule has 5 heteroatoms. The van der Waals surface area contributed by atoms with Crippen molar-refractivity contribution in [3.8, 4) is 0 Å². The van der Waals surface area contributed by atoms with Crippen molar-refractivity contribution in [2.75, 3.05) is 11.5 Å². The fourth-order valence-electron chi connectivity index (χ4n) is 2.82. The lowest BCUT2D eigenvalue weighted by atomic mass is 10.1. The Morgan fingerprint density at radius 3 is 2.00 bits per heavy atom. The van der Waals surface area contributed by atoms with E-state index in [1.807, 2.05) is 74.5 Å². The van der Waals surface area contributed by atoms with Gasteiger partial charge in [-0.1, -0.05) is 60.7 Å². The zero-order chi connectivity index (χ0) is 19.0. The maximum Gasteiger partial charge on any atom is 0.238 e. The first kappa shape index (κ1) is 20.2. The lowest BCUT2D eigenvalue weighted by Crippen LogP contribution is -2.40. The molecule has 0 fully saturated rings. The van der Waals surface area contributed by atoms with Gasteiger partial charge >= 0.3 is 0 Å². The Kier molecular flexibility index (Phi) is 7.39. The van der Waals surface area contributed by atoms with E-state index in [2.05, 4.69) is 0 Å². The molecule has 4 nitrogen and oxygen atoms in total. The van der Waals surface area contributed by atoms with Crippen molar-refractivity contribution in [2.24, 2.45) is 0 Å². The van der Waals surface area contributed by atoms with Crippen molar-refractivity contribution in [3.63, 3.8) is 0 Å². The van der Waals surface area contributed by atoms with E-state index in [9.17, 15) is 13.2 Å². The van der Waals surface area contributed by atoms with Gasteiger partial charge in [-0.15, -0.1) is 0 Å². The first-order valence-corrected chi connectivity index (χ1v) is 10.8. The van der Waals surface area contributed by atoms with E-state index < -0.39 is 15.6 Å². The van der Waals surface area contributed by atoms with Crippen LogP contribution in [0, 0.1) is 0 Å². The monoisotopic (exact) mass is 373 g/mol. The Hall–Kier alpha value is -2.14. The van der Waals surface area contributed by atoms with Crippen molar-refractivity contribution >= 4 is 15.7 Å². The molecule has 0 bridgehead atoms. The highest BCUT2D eigenvalue weighted by molar-refractivity contribution is 7.92. The molecule has 2 aromatic carbocycles. The van der Waals surface area contributed by atoms with E-state index in [-0.39, 0.29) is 17.7 Å². The number of amides is 1. The van der Waals surface area contributed by atoms with E-state index in [0.29, 0.717) is 19.4 Å². The Morgan fingerprint density at radius 1 is 0.923 bits per heavy atom. The molecule has 0 N–H and O–H groups in total. The van der Waals surface area contributed by atoms with Crippen LogP contribution >= 0.6 is 0 Å². The number of carbonyl (C=O) groups excluding carboxylic acids is 1. The SMILES string of the molecule is CC(C)N(Cc1ccccc1)C(=O)CS(=O)(=O)CCCc1ccccc1. The third kappa shape index (κ3) is 6.64. The molecule has 0 aromatic heterocycles. The molecule has 0 saturated carbocycles. The molecule has 0 aliphatic carbocycles. The number of aryl methyl sites for hydroxylation is 1. The van der Waals surface area contributed by atoms with Crippen molar-refractivity contribution < 1.29 is 13.2 Å². The number of sulfone groups is 1. The Bertz CT molecular complexity index is 787. The van der Waals surface area contributed by atoms with Crippen LogP contribution in [0.1, 0.15) is 31.4 Å². The van der Waals surface area contributed by atoms with E-state index >= 15 is 0 Å². The van der Waals surface area contributed by atoms with Gasteiger partial charge in [-0.05, 0) is 37.8 Å². The molecule has 0 atom stereocenters. The van der Waals surface area contributed by atoms with Gasteiger partial charge in [0.05, 0.1) is 5.75 Å². The summed E-state index contributed by atoms with van der Waals surface area (Å²) >= 11 is 0. The van der Waals surface area contributed by atoms with Gasteiger partial charge in [0.2, 0.25) is 5.91 Å². The van der Waals surface area contributed by atoms with Crippen molar-refractivity contribution in [1.29, 1.82) is 0 Å². The van der Waals surface area contributed by atoms with Crippen LogP contribution in [0.15, 0.2) is 60.7 Å². The number of carbonyl (C=O) groups is 1. The van der Waals surface area contributed by atoms with Gasteiger partial charge in [0.25, 0.3) is 0 Å². The van der Waals surface area contributed by atoms with E-state index in [0.717, 1.165) is 11.1 Å². The zero-order valence-electron chi connectivity index (χ0n) is 15.5. The molecule has 26 heavy (non-hydrogen) atoms. The summed E-state index contributed by atoms with van der Waals surface area (Å²) in [5, 5.41) is 0.